The highest BCUT2D eigenvalue weighted by Gasteiger charge is 2.18. The molecule has 3 heterocycles. The average Bonchev–Trinajstić information content (AvgIpc) is 3.18. The molecule has 3 aromatic rings. The zero-order valence-electron chi connectivity index (χ0n) is 12.2. The van der Waals surface area contributed by atoms with Crippen LogP contribution < -0.4 is 15.0 Å². The Hall–Kier alpha value is -1.52. The highest BCUT2D eigenvalue weighted by atomic mass is 79.9. The van der Waals surface area contributed by atoms with Crippen LogP contribution in [0.5, 0.6) is 11.5 Å². The van der Waals surface area contributed by atoms with Gasteiger partial charge in [0.05, 0.1) is 6.33 Å². The van der Waals surface area contributed by atoms with E-state index < -0.39 is 0 Å². The second-order valence-corrected chi connectivity index (χ2v) is 7.63. The van der Waals surface area contributed by atoms with Gasteiger partial charge in [0.2, 0.25) is 6.79 Å². The van der Waals surface area contributed by atoms with E-state index >= 15 is 0 Å². The first-order valence-electron chi connectivity index (χ1n) is 6.98. The number of halogens is 2. The largest absolute Gasteiger partial charge is 0.454 e. The summed E-state index contributed by atoms with van der Waals surface area (Å²) in [6.45, 7) is 0.966. The fraction of sp³-hybridized carbons (Fsp3) is 0.214. The molecule has 4 rings (SSSR count). The van der Waals surface area contributed by atoms with Gasteiger partial charge >= 0.3 is 0 Å². The molecule has 0 fully saturated rings. The summed E-state index contributed by atoms with van der Waals surface area (Å²) in [5, 5.41) is 9.44. The molecule has 10 heteroatoms. The van der Waals surface area contributed by atoms with E-state index in [1.807, 2.05) is 16.7 Å². The summed E-state index contributed by atoms with van der Waals surface area (Å²) < 4.78 is 13.6. The quantitative estimate of drug-likeness (QED) is 0.569. The number of ether oxygens (including phenoxy) is 2. The number of nitrogens with zero attached hydrogens (tertiary/aromatic N) is 3. The van der Waals surface area contributed by atoms with Gasteiger partial charge < -0.3 is 19.0 Å². The second kappa shape index (κ2) is 6.41. The van der Waals surface area contributed by atoms with Gasteiger partial charge in [0.25, 0.3) is 0 Å². The van der Waals surface area contributed by atoms with Crippen LogP contribution in [0.2, 0.25) is 0 Å². The van der Waals surface area contributed by atoms with Gasteiger partial charge in [-0.3, -0.25) is 5.41 Å². The fourth-order valence-corrected chi connectivity index (χ4v) is 4.11. The Labute approximate surface area is 157 Å². The summed E-state index contributed by atoms with van der Waals surface area (Å²) in [6, 6.07) is 3.80. The number of benzene rings is 1. The van der Waals surface area contributed by atoms with Crippen molar-refractivity contribution >= 4 is 54.8 Å². The van der Waals surface area contributed by atoms with E-state index in [0.717, 1.165) is 27.0 Å². The van der Waals surface area contributed by atoms with Gasteiger partial charge in [-0.15, -0.1) is 0 Å². The van der Waals surface area contributed by atoms with E-state index in [-0.39, 0.29) is 12.3 Å². The van der Waals surface area contributed by atoms with Crippen molar-refractivity contribution in [3.63, 3.8) is 0 Å². The number of H-pyrrole nitrogens is 1. The van der Waals surface area contributed by atoms with Crippen molar-refractivity contribution in [3.05, 3.63) is 28.4 Å². The highest BCUT2D eigenvalue weighted by Crippen LogP contribution is 2.42. The molecule has 1 aliphatic rings. The fourth-order valence-electron chi connectivity index (χ4n) is 2.35. The number of aromatic nitrogens is 4. The van der Waals surface area contributed by atoms with Crippen LogP contribution in [0.3, 0.4) is 0 Å². The third kappa shape index (κ3) is 2.82. The number of imidazole rings is 1. The van der Waals surface area contributed by atoms with Crippen molar-refractivity contribution < 1.29 is 9.47 Å². The minimum Gasteiger partial charge on any atom is -0.454 e. The van der Waals surface area contributed by atoms with Gasteiger partial charge in [-0.05, 0) is 28.1 Å². The second-order valence-electron chi connectivity index (χ2n) is 4.95. The number of aromatic amines is 1. The predicted molar refractivity (Wildman–Crippen MR) is 95.9 cm³/mol. The van der Waals surface area contributed by atoms with Gasteiger partial charge in [0.15, 0.2) is 27.8 Å². The maximum atomic E-state index is 7.97. The zero-order chi connectivity index (χ0) is 16.7. The number of aryl methyl sites for hydroxylation is 1. The van der Waals surface area contributed by atoms with Crippen molar-refractivity contribution in [1.82, 2.24) is 19.5 Å². The summed E-state index contributed by atoms with van der Waals surface area (Å²) in [5.41, 5.74) is 1.52. The first-order chi connectivity index (χ1) is 11.7. The molecule has 0 saturated carbocycles. The zero-order valence-corrected chi connectivity index (χ0v) is 16.2. The first kappa shape index (κ1) is 16.0. The Kier molecular flexibility index (Phi) is 4.27. The van der Waals surface area contributed by atoms with E-state index in [9.17, 15) is 0 Å². The Morgan fingerprint density at radius 2 is 2.12 bits per heavy atom. The molecular weight excluding hydrogens is 462 g/mol. The van der Waals surface area contributed by atoms with Crippen LogP contribution >= 0.6 is 43.6 Å². The SMILES string of the molecule is N=c1ncn(CCBr)c2nc(Sc3cc4c(cc3Br)OCO4)[nH]c12. The Bertz CT molecular complexity index is 987. The molecule has 1 aliphatic heterocycles. The van der Waals surface area contributed by atoms with Crippen LogP contribution in [-0.4, -0.2) is 31.6 Å². The van der Waals surface area contributed by atoms with E-state index in [1.54, 1.807) is 6.33 Å². The molecule has 0 spiro atoms. The smallest absolute Gasteiger partial charge is 0.231 e. The van der Waals surface area contributed by atoms with E-state index in [2.05, 4.69) is 46.8 Å². The summed E-state index contributed by atoms with van der Waals surface area (Å²) in [7, 11) is 0. The molecule has 0 amide bonds. The lowest BCUT2D eigenvalue weighted by atomic mass is 10.3. The van der Waals surface area contributed by atoms with Gasteiger partial charge in [-0.25, -0.2) is 9.97 Å². The van der Waals surface area contributed by atoms with Crippen LogP contribution in [0.1, 0.15) is 0 Å². The van der Waals surface area contributed by atoms with Crippen LogP contribution in [0.15, 0.2) is 33.0 Å². The van der Waals surface area contributed by atoms with Crippen molar-refractivity contribution in [1.29, 1.82) is 5.41 Å². The standard InChI is InChI=1S/C14H11Br2N5O2S/c15-1-2-21-5-18-12(17)11-13(21)20-14(19-11)24-10-4-9-8(3-7(10)16)22-6-23-9/h3-5,17H,1-2,6H2,(H,19,20). The molecule has 0 aliphatic carbocycles. The molecular formula is C14H11Br2N5O2S. The molecule has 0 bridgehead atoms. The number of hydrogen-bond donors (Lipinski definition) is 2. The monoisotopic (exact) mass is 471 g/mol. The van der Waals surface area contributed by atoms with Crippen LogP contribution in [-0.2, 0) is 6.54 Å². The van der Waals surface area contributed by atoms with Crippen molar-refractivity contribution in [2.24, 2.45) is 0 Å². The lowest BCUT2D eigenvalue weighted by Crippen LogP contribution is -2.13. The molecule has 2 aromatic heterocycles. The Morgan fingerprint density at radius 3 is 2.92 bits per heavy atom. The van der Waals surface area contributed by atoms with Crippen molar-refractivity contribution in [3.8, 4) is 11.5 Å². The molecule has 124 valence electrons. The average molecular weight is 473 g/mol. The lowest BCUT2D eigenvalue weighted by Gasteiger charge is -2.04. The minimum atomic E-state index is 0.180. The van der Waals surface area contributed by atoms with E-state index in [0.29, 0.717) is 22.1 Å². The number of nitrogens with one attached hydrogen (secondary N) is 2. The Morgan fingerprint density at radius 1 is 1.33 bits per heavy atom. The molecule has 0 atom stereocenters. The topological polar surface area (TPSA) is 88.8 Å². The lowest BCUT2D eigenvalue weighted by molar-refractivity contribution is 0.174. The normalized spacial score (nSPS) is 12.9. The van der Waals surface area contributed by atoms with Crippen LogP contribution in [0.4, 0.5) is 0 Å². The third-order valence-electron chi connectivity index (χ3n) is 3.46. The van der Waals surface area contributed by atoms with Crippen molar-refractivity contribution in [2.75, 3.05) is 12.1 Å². The molecule has 0 unspecified atom stereocenters. The van der Waals surface area contributed by atoms with Gasteiger partial charge in [-0.2, -0.15) is 0 Å². The summed E-state index contributed by atoms with van der Waals surface area (Å²) in [4.78, 5) is 12.8. The predicted octanol–water partition coefficient (Wildman–Crippen LogP) is 3.28. The minimum absolute atomic E-state index is 0.180. The van der Waals surface area contributed by atoms with E-state index in [1.165, 1.54) is 11.8 Å². The van der Waals surface area contributed by atoms with Crippen LogP contribution in [0, 0.1) is 5.41 Å². The summed E-state index contributed by atoms with van der Waals surface area (Å²) in [5.74, 6) is 1.44. The first-order valence-corrected chi connectivity index (χ1v) is 9.71. The Balaban J connectivity index is 1.74. The maximum absolute atomic E-state index is 7.97. The van der Waals surface area contributed by atoms with Crippen LogP contribution in [0.25, 0.3) is 11.2 Å². The van der Waals surface area contributed by atoms with E-state index in [4.69, 9.17) is 14.9 Å². The van der Waals surface area contributed by atoms with Gasteiger partial charge in [-0.1, -0.05) is 27.7 Å². The number of rotatable bonds is 4. The van der Waals surface area contributed by atoms with Crippen molar-refractivity contribution in [2.45, 2.75) is 16.6 Å². The third-order valence-corrected chi connectivity index (χ3v) is 5.67. The van der Waals surface area contributed by atoms with Gasteiger partial charge in [0, 0.05) is 21.2 Å². The molecule has 0 radical (unpaired) electrons. The highest BCUT2D eigenvalue weighted by molar-refractivity contribution is 9.10. The molecule has 0 saturated heterocycles. The van der Waals surface area contributed by atoms with Gasteiger partial charge in [0.1, 0.15) is 5.52 Å². The molecule has 1 aromatic carbocycles. The summed E-state index contributed by atoms with van der Waals surface area (Å²) in [6.07, 6.45) is 1.64. The number of fused-ring (bicyclic) bond motifs is 2. The summed E-state index contributed by atoms with van der Waals surface area (Å²) >= 11 is 8.42. The number of alkyl halides is 1. The molecule has 7 nitrogen and oxygen atoms in total. The maximum Gasteiger partial charge on any atom is 0.231 e. The molecule has 2 N–H and O–H groups in total. The molecule has 24 heavy (non-hydrogen) atoms. The number of hydrogen-bond acceptors (Lipinski definition) is 6.